The summed E-state index contributed by atoms with van der Waals surface area (Å²) in [5, 5.41) is 0. The van der Waals surface area contributed by atoms with Crippen LogP contribution in [0.3, 0.4) is 0 Å². The van der Waals surface area contributed by atoms with Crippen LogP contribution >= 0.6 is 0 Å². The molecule has 1 amide bonds. The number of carbonyl (C=O) groups is 1. The van der Waals surface area contributed by atoms with E-state index in [2.05, 4.69) is 93.4 Å². The van der Waals surface area contributed by atoms with Crippen LogP contribution < -0.4 is 0 Å². The van der Waals surface area contributed by atoms with Gasteiger partial charge in [-0.3, -0.25) is 4.79 Å². The molecule has 0 saturated heterocycles. The minimum absolute atomic E-state index is 0.00101. The molecule has 3 heteroatoms. The van der Waals surface area contributed by atoms with Crippen LogP contribution in [-0.4, -0.2) is 15.4 Å². The van der Waals surface area contributed by atoms with Crippen molar-refractivity contribution in [3.63, 3.8) is 0 Å². The Morgan fingerprint density at radius 3 is 1.93 bits per heavy atom. The average molecular weight is 387 g/mol. The molecule has 3 aromatic rings. The molecule has 0 aliphatic rings. The fraction of sp³-hybridized carbons (Fsp3) is 0.269. The highest BCUT2D eigenvalue weighted by Crippen LogP contribution is 2.27. The molecule has 3 nitrogen and oxygen atoms in total. The largest absolute Gasteiger partial charge is 0.344 e. The van der Waals surface area contributed by atoms with Gasteiger partial charge in [0, 0.05) is 36.1 Å². The minimum Gasteiger partial charge on any atom is -0.344 e. The van der Waals surface area contributed by atoms with Crippen molar-refractivity contribution < 1.29 is 4.79 Å². The Labute approximate surface area is 174 Å². The van der Waals surface area contributed by atoms with E-state index in [-0.39, 0.29) is 5.91 Å². The summed E-state index contributed by atoms with van der Waals surface area (Å²) in [7, 11) is 0. The summed E-state index contributed by atoms with van der Waals surface area (Å²) >= 11 is 0. The number of hydrogen-bond acceptors (Lipinski definition) is 1. The first-order valence-electron chi connectivity index (χ1n) is 10.0. The molecule has 1 aromatic heterocycles. The number of hydrogen-bond donors (Lipinski definition) is 0. The molecule has 0 saturated carbocycles. The molecule has 0 unspecified atom stereocenters. The highest BCUT2D eigenvalue weighted by molar-refractivity contribution is 5.85. The van der Waals surface area contributed by atoms with Crippen LogP contribution in [0, 0.1) is 27.7 Å². The van der Waals surface area contributed by atoms with Crippen molar-refractivity contribution in [3.05, 3.63) is 100 Å². The van der Waals surface area contributed by atoms with Crippen LogP contribution in [0.4, 0.5) is 0 Å². The number of nitrogens with zero attached hydrogens (tertiary/aromatic N) is 2. The lowest BCUT2D eigenvalue weighted by atomic mass is 10.1. The van der Waals surface area contributed by atoms with E-state index in [1.54, 1.807) is 11.8 Å². The van der Waals surface area contributed by atoms with Crippen LogP contribution in [0.25, 0.3) is 5.70 Å². The van der Waals surface area contributed by atoms with Gasteiger partial charge < -0.3 is 9.47 Å². The number of carbonyl (C=O) groups excluding carboxylic acids is 1. The van der Waals surface area contributed by atoms with Crippen LogP contribution in [0.5, 0.6) is 0 Å². The molecule has 150 valence electrons. The van der Waals surface area contributed by atoms with E-state index < -0.39 is 0 Å². The standard InChI is InChI=1S/C26H30N2O/c1-18-7-11-24(12-8-18)16-27-20(3)15-26(21(27)4)22(5)28(23(6)29)17-25-13-9-19(2)10-14-25/h7-15H,5,16-17H2,1-4,6H3. The van der Waals surface area contributed by atoms with Crippen LogP contribution in [0.2, 0.25) is 0 Å². The molecule has 0 aliphatic heterocycles. The topological polar surface area (TPSA) is 25.2 Å². The molecular formula is C26H30N2O. The number of aryl methyl sites for hydroxylation is 3. The Balaban J connectivity index is 1.87. The van der Waals surface area contributed by atoms with E-state index in [4.69, 9.17) is 0 Å². The third kappa shape index (κ3) is 4.68. The zero-order valence-electron chi connectivity index (χ0n) is 18.1. The van der Waals surface area contributed by atoms with E-state index in [0.29, 0.717) is 6.54 Å². The van der Waals surface area contributed by atoms with Gasteiger partial charge in [-0.2, -0.15) is 0 Å². The summed E-state index contributed by atoms with van der Waals surface area (Å²) in [6.07, 6.45) is 0. The second-order valence-corrected chi connectivity index (χ2v) is 7.89. The summed E-state index contributed by atoms with van der Waals surface area (Å²) in [6, 6.07) is 19.0. The maximum absolute atomic E-state index is 12.4. The zero-order chi connectivity index (χ0) is 21.1. The second-order valence-electron chi connectivity index (χ2n) is 7.89. The SMILES string of the molecule is C=C(c1cc(C)n(Cc2ccc(C)cc2)c1C)N(Cc1ccc(C)cc1)C(C)=O. The lowest BCUT2D eigenvalue weighted by molar-refractivity contribution is -0.126. The van der Waals surface area contributed by atoms with E-state index in [1.807, 2.05) is 0 Å². The molecule has 3 rings (SSSR count). The minimum atomic E-state index is -0.00101. The van der Waals surface area contributed by atoms with Gasteiger partial charge in [0.1, 0.15) is 0 Å². The Kier molecular flexibility index (Phi) is 6.07. The maximum atomic E-state index is 12.4. The number of benzene rings is 2. The summed E-state index contributed by atoms with van der Waals surface area (Å²) < 4.78 is 2.29. The van der Waals surface area contributed by atoms with Gasteiger partial charge in [-0.25, -0.2) is 0 Å². The number of amides is 1. The molecule has 1 heterocycles. The Bertz CT molecular complexity index is 1020. The summed E-state index contributed by atoms with van der Waals surface area (Å²) in [4.78, 5) is 14.2. The smallest absolute Gasteiger partial charge is 0.224 e. The predicted octanol–water partition coefficient (Wildman–Crippen LogP) is 5.79. The van der Waals surface area contributed by atoms with Crippen molar-refractivity contribution in [1.29, 1.82) is 0 Å². The average Bonchev–Trinajstić information content (AvgIpc) is 2.96. The van der Waals surface area contributed by atoms with Crippen molar-refractivity contribution in [2.45, 2.75) is 47.7 Å². The quantitative estimate of drug-likeness (QED) is 0.526. The monoisotopic (exact) mass is 386 g/mol. The Hall–Kier alpha value is -3.07. The first-order chi connectivity index (χ1) is 13.8. The van der Waals surface area contributed by atoms with Crippen molar-refractivity contribution in [2.75, 3.05) is 0 Å². The van der Waals surface area contributed by atoms with E-state index >= 15 is 0 Å². The molecule has 0 atom stereocenters. The van der Waals surface area contributed by atoms with Gasteiger partial charge in [0.15, 0.2) is 0 Å². The summed E-state index contributed by atoms with van der Waals surface area (Å²) in [6.45, 7) is 15.6. The van der Waals surface area contributed by atoms with Crippen LogP contribution in [-0.2, 0) is 17.9 Å². The first kappa shape index (κ1) is 20.7. The summed E-state index contributed by atoms with van der Waals surface area (Å²) in [5.74, 6) is -0.00101. The highest BCUT2D eigenvalue weighted by Gasteiger charge is 2.19. The lowest BCUT2D eigenvalue weighted by Gasteiger charge is -2.24. The fourth-order valence-electron chi connectivity index (χ4n) is 3.63. The van der Waals surface area contributed by atoms with Gasteiger partial charge in [-0.1, -0.05) is 66.2 Å². The second kappa shape index (κ2) is 8.52. The van der Waals surface area contributed by atoms with E-state index in [0.717, 1.165) is 34.8 Å². The van der Waals surface area contributed by atoms with Gasteiger partial charge in [0.05, 0.1) is 6.54 Å². The first-order valence-corrected chi connectivity index (χ1v) is 10.0. The van der Waals surface area contributed by atoms with E-state index in [9.17, 15) is 4.79 Å². The van der Waals surface area contributed by atoms with Crippen molar-refractivity contribution in [2.24, 2.45) is 0 Å². The van der Waals surface area contributed by atoms with E-state index in [1.165, 1.54) is 16.7 Å². The van der Waals surface area contributed by atoms with Gasteiger partial charge in [-0.15, -0.1) is 0 Å². The molecule has 0 bridgehead atoms. The Morgan fingerprint density at radius 2 is 1.41 bits per heavy atom. The van der Waals surface area contributed by atoms with Gasteiger partial charge in [-0.05, 0) is 44.9 Å². The molecule has 0 N–H and O–H groups in total. The molecule has 0 radical (unpaired) electrons. The summed E-state index contributed by atoms with van der Waals surface area (Å²) in [5.41, 5.74) is 8.90. The van der Waals surface area contributed by atoms with Gasteiger partial charge >= 0.3 is 0 Å². The molecular weight excluding hydrogens is 356 g/mol. The predicted molar refractivity (Wildman–Crippen MR) is 121 cm³/mol. The molecule has 2 aromatic carbocycles. The van der Waals surface area contributed by atoms with Gasteiger partial charge in [0.2, 0.25) is 5.91 Å². The Morgan fingerprint density at radius 1 is 0.897 bits per heavy atom. The van der Waals surface area contributed by atoms with Crippen molar-refractivity contribution >= 4 is 11.6 Å². The fourth-order valence-corrected chi connectivity index (χ4v) is 3.63. The normalized spacial score (nSPS) is 10.8. The third-order valence-corrected chi connectivity index (χ3v) is 5.51. The zero-order valence-corrected chi connectivity index (χ0v) is 18.1. The highest BCUT2D eigenvalue weighted by atomic mass is 16.2. The number of rotatable bonds is 6. The van der Waals surface area contributed by atoms with Crippen molar-refractivity contribution in [1.82, 2.24) is 9.47 Å². The van der Waals surface area contributed by atoms with Gasteiger partial charge in [0.25, 0.3) is 0 Å². The van der Waals surface area contributed by atoms with Crippen LogP contribution in [0.1, 0.15) is 46.1 Å². The molecule has 0 fully saturated rings. The van der Waals surface area contributed by atoms with Crippen LogP contribution in [0.15, 0.2) is 61.2 Å². The maximum Gasteiger partial charge on any atom is 0.224 e. The lowest BCUT2D eigenvalue weighted by Crippen LogP contribution is -2.26. The molecule has 0 spiro atoms. The molecule has 0 aliphatic carbocycles. The van der Waals surface area contributed by atoms with Crippen molar-refractivity contribution in [3.8, 4) is 0 Å². The molecule has 29 heavy (non-hydrogen) atoms. The number of aromatic nitrogens is 1. The third-order valence-electron chi connectivity index (χ3n) is 5.51.